The van der Waals surface area contributed by atoms with Gasteiger partial charge in [-0.25, -0.2) is 23.1 Å². The number of hydrogen-bond acceptors (Lipinski definition) is 7. The van der Waals surface area contributed by atoms with Crippen LogP contribution in [0.15, 0.2) is 29.9 Å². The van der Waals surface area contributed by atoms with E-state index >= 15 is 0 Å². The summed E-state index contributed by atoms with van der Waals surface area (Å²) in [4.78, 5) is 23.0. The first kappa shape index (κ1) is 23.1. The molecule has 0 aliphatic rings. The molecule has 3 rings (SSSR count). The van der Waals surface area contributed by atoms with Crippen molar-refractivity contribution >= 4 is 27.1 Å². The van der Waals surface area contributed by atoms with Crippen molar-refractivity contribution in [1.29, 1.82) is 0 Å². The molecule has 3 heterocycles. The highest BCUT2D eigenvalue weighted by atomic mass is 32.2. The molecule has 0 saturated carbocycles. The van der Waals surface area contributed by atoms with Crippen molar-refractivity contribution in [2.45, 2.75) is 39.5 Å². The summed E-state index contributed by atoms with van der Waals surface area (Å²) in [6.07, 6.45) is 7.38. The van der Waals surface area contributed by atoms with Gasteiger partial charge < -0.3 is 5.32 Å². The fourth-order valence-corrected chi connectivity index (χ4v) is 4.60. The van der Waals surface area contributed by atoms with E-state index < -0.39 is 9.84 Å². The van der Waals surface area contributed by atoms with Crippen LogP contribution >= 0.6 is 11.3 Å². The zero-order chi connectivity index (χ0) is 22.4. The maximum atomic E-state index is 12.8. The molecule has 31 heavy (non-hydrogen) atoms. The molecule has 0 bridgehead atoms. The van der Waals surface area contributed by atoms with Crippen LogP contribution in [-0.4, -0.2) is 52.6 Å². The van der Waals surface area contributed by atoms with Crippen molar-refractivity contribution in [2.24, 2.45) is 0 Å². The van der Waals surface area contributed by atoms with Gasteiger partial charge in [0.25, 0.3) is 11.9 Å². The van der Waals surface area contributed by atoms with Crippen molar-refractivity contribution in [2.75, 3.05) is 18.6 Å². The Morgan fingerprint density at radius 3 is 2.74 bits per heavy atom. The number of aromatic nitrogens is 4. The van der Waals surface area contributed by atoms with Crippen molar-refractivity contribution in [3.63, 3.8) is 0 Å². The van der Waals surface area contributed by atoms with Crippen molar-refractivity contribution in [1.82, 2.24) is 25.1 Å². The van der Waals surface area contributed by atoms with Crippen molar-refractivity contribution in [3.8, 4) is 16.5 Å². The van der Waals surface area contributed by atoms with Gasteiger partial charge in [-0.2, -0.15) is 5.10 Å². The Hall–Kier alpha value is -2.59. The second-order valence-electron chi connectivity index (χ2n) is 7.44. The lowest BCUT2D eigenvalue weighted by atomic mass is 10.1. The number of carbonyl (C=O) groups is 1. The highest BCUT2D eigenvalue weighted by Gasteiger charge is 2.20. The summed E-state index contributed by atoms with van der Waals surface area (Å²) in [5.74, 6) is 0.200. The third-order valence-electron chi connectivity index (χ3n) is 4.76. The van der Waals surface area contributed by atoms with Crippen LogP contribution < -0.4 is 5.32 Å². The number of unbranched alkanes of at least 4 members (excludes halogenated alkanes) is 1. The van der Waals surface area contributed by atoms with E-state index in [9.17, 15) is 13.2 Å². The average Bonchev–Trinajstić information content (AvgIpc) is 3.39. The minimum Gasteiger partial charge on any atom is -0.352 e. The van der Waals surface area contributed by atoms with Crippen LogP contribution in [0.1, 0.15) is 47.8 Å². The number of aryl methyl sites for hydroxylation is 1. The minimum atomic E-state index is -3.05. The van der Waals surface area contributed by atoms with Gasteiger partial charge in [0.15, 0.2) is 0 Å². The van der Waals surface area contributed by atoms with E-state index in [0.29, 0.717) is 24.4 Å². The summed E-state index contributed by atoms with van der Waals surface area (Å²) in [5.41, 5.74) is 3.04. The average molecular weight is 462 g/mol. The Labute approximate surface area is 186 Å². The number of nitrogens with one attached hydrogen (secondary N) is 1. The van der Waals surface area contributed by atoms with Crippen LogP contribution in [0, 0.1) is 6.92 Å². The zero-order valence-electron chi connectivity index (χ0n) is 18.0. The molecule has 10 heteroatoms. The number of rotatable bonds is 10. The normalized spacial score (nSPS) is 11.6. The molecule has 3 aromatic rings. The number of nitrogens with zero attached hydrogens (tertiary/aromatic N) is 4. The van der Waals surface area contributed by atoms with Crippen LogP contribution in [0.3, 0.4) is 0 Å². The van der Waals surface area contributed by atoms with Crippen LogP contribution in [0.25, 0.3) is 16.5 Å². The second kappa shape index (κ2) is 10.1. The van der Waals surface area contributed by atoms with Gasteiger partial charge in [-0.15, -0.1) is 11.3 Å². The summed E-state index contributed by atoms with van der Waals surface area (Å²) < 4.78 is 24.2. The molecule has 0 unspecified atom stereocenters. The van der Waals surface area contributed by atoms with Crippen LogP contribution in [-0.2, 0) is 16.3 Å². The van der Waals surface area contributed by atoms with Gasteiger partial charge in [0.1, 0.15) is 9.84 Å². The first-order chi connectivity index (χ1) is 14.8. The summed E-state index contributed by atoms with van der Waals surface area (Å²) in [7, 11) is -3.05. The lowest BCUT2D eigenvalue weighted by molar-refractivity contribution is 0.0952. The molecule has 0 saturated heterocycles. The van der Waals surface area contributed by atoms with Crippen LogP contribution in [0.5, 0.6) is 0 Å². The Balaban J connectivity index is 1.87. The maximum Gasteiger partial charge on any atom is 0.254 e. The molecule has 0 atom stereocenters. The Bertz CT molecular complexity index is 1140. The third-order valence-corrected chi connectivity index (χ3v) is 6.67. The number of amides is 1. The third kappa shape index (κ3) is 5.98. The Morgan fingerprint density at radius 1 is 1.26 bits per heavy atom. The number of thiophene rings is 1. The lowest BCUT2D eigenvalue weighted by Gasteiger charge is -2.10. The number of carbonyl (C=O) groups excluding carboxylic acids is 1. The molecule has 8 nitrogen and oxygen atoms in total. The summed E-state index contributed by atoms with van der Waals surface area (Å²) in [6, 6.07) is 3.99. The summed E-state index contributed by atoms with van der Waals surface area (Å²) >= 11 is 1.61. The SMILES string of the molecule is CCCCc1c(C(=O)NCCCS(C)(=O)=O)cnn1-c1ncc(C)c(-c2cccs2)n1. The van der Waals surface area contributed by atoms with Crippen LogP contribution in [0.4, 0.5) is 0 Å². The van der Waals surface area contributed by atoms with Gasteiger partial charge in [0, 0.05) is 19.0 Å². The summed E-state index contributed by atoms with van der Waals surface area (Å²) in [5, 5.41) is 9.22. The van der Waals surface area contributed by atoms with E-state index in [1.165, 1.54) is 12.5 Å². The van der Waals surface area contributed by atoms with E-state index in [4.69, 9.17) is 4.98 Å². The first-order valence-electron chi connectivity index (χ1n) is 10.2. The molecule has 0 radical (unpaired) electrons. The number of sulfone groups is 1. The highest BCUT2D eigenvalue weighted by molar-refractivity contribution is 7.90. The van der Waals surface area contributed by atoms with E-state index in [0.717, 1.165) is 34.7 Å². The standard InChI is InChI=1S/C21H27N5O3S2/c1-4-5-8-17-16(20(27)22-10-7-12-31(3,28)29)14-24-26(17)21-23-13-15(2)19(25-21)18-9-6-11-30-18/h6,9,11,13-14H,4-5,7-8,10,12H2,1-3H3,(H,22,27). The molecule has 1 amide bonds. The van der Waals surface area contributed by atoms with E-state index in [1.807, 2.05) is 24.4 Å². The van der Waals surface area contributed by atoms with E-state index in [1.54, 1.807) is 22.2 Å². The van der Waals surface area contributed by atoms with E-state index in [2.05, 4.69) is 22.3 Å². The maximum absolute atomic E-state index is 12.8. The van der Waals surface area contributed by atoms with Gasteiger partial charge in [0.2, 0.25) is 0 Å². The fourth-order valence-electron chi connectivity index (χ4n) is 3.15. The first-order valence-corrected chi connectivity index (χ1v) is 13.1. The topological polar surface area (TPSA) is 107 Å². The molecule has 0 aliphatic carbocycles. The largest absolute Gasteiger partial charge is 0.352 e. The molecule has 166 valence electrons. The number of hydrogen-bond donors (Lipinski definition) is 1. The quantitative estimate of drug-likeness (QED) is 0.465. The molecular formula is C21H27N5O3S2. The molecule has 0 fully saturated rings. The van der Waals surface area contributed by atoms with Gasteiger partial charge >= 0.3 is 0 Å². The Kier molecular flexibility index (Phi) is 7.55. The van der Waals surface area contributed by atoms with Crippen molar-refractivity contribution < 1.29 is 13.2 Å². The summed E-state index contributed by atoms with van der Waals surface area (Å²) in [6.45, 7) is 4.34. The van der Waals surface area contributed by atoms with Crippen molar-refractivity contribution in [3.05, 3.63) is 46.7 Å². The Morgan fingerprint density at radius 2 is 2.06 bits per heavy atom. The van der Waals surface area contributed by atoms with Gasteiger partial charge in [-0.05, 0) is 43.2 Å². The van der Waals surface area contributed by atoms with Gasteiger partial charge in [-0.1, -0.05) is 19.4 Å². The molecule has 3 aromatic heterocycles. The van der Waals surface area contributed by atoms with Crippen LogP contribution in [0.2, 0.25) is 0 Å². The predicted molar refractivity (Wildman–Crippen MR) is 122 cm³/mol. The van der Waals surface area contributed by atoms with Gasteiger partial charge in [-0.3, -0.25) is 4.79 Å². The molecule has 0 aliphatic heterocycles. The minimum absolute atomic E-state index is 0.0396. The monoisotopic (exact) mass is 461 g/mol. The zero-order valence-corrected chi connectivity index (χ0v) is 19.6. The highest BCUT2D eigenvalue weighted by Crippen LogP contribution is 2.26. The molecular weight excluding hydrogens is 434 g/mol. The van der Waals surface area contributed by atoms with E-state index in [-0.39, 0.29) is 18.2 Å². The molecule has 0 aromatic carbocycles. The predicted octanol–water partition coefficient (Wildman–Crippen LogP) is 3.21. The molecule has 1 N–H and O–H groups in total. The van der Waals surface area contributed by atoms with Gasteiger partial charge in [0.05, 0.1) is 33.8 Å². The smallest absolute Gasteiger partial charge is 0.254 e. The molecule has 0 spiro atoms. The fraction of sp³-hybridized carbons (Fsp3) is 0.429. The second-order valence-corrected chi connectivity index (χ2v) is 10.6. The lowest BCUT2D eigenvalue weighted by Crippen LogP contribution is -2.26.